The number of carbonyl (C=O) groups excluding carboxylic acids is 1. The lowest BCUT2D eigenvalue weighted by Crippen LogP contribution is -2.36. The maximum atomic E-state index is 11.9. The van der Waals surface area contributed by atoms with Crippen LogP contribution in [0.4, 0.5) is 10.5 Å². The fourth-order valence-electron chi connectivity index (χ4n) is 2.61. The van der Waals surface area contributed by atoms with Gasteiger partial charge in [-0.3, -0.25) is 0 Å². The number of methoxy groups -OCH3 is 1. The van der Waals surface area contributed by atoms with E-state index < -0.39 is 0 Å². The third-order valence-electron chi connectivity index (χ3n) is 3.63. The zero-order chi connectivity index (χ0) is 13.9. The normalized spacial score (nSPS) is 20.9. The summed E-state index contributed by atoms with van der Waals surface area (Å²) in [5, 5.41) is 5.87. The second kappa shape index (κ2) is 5.51. The van der Waals surface area contributed by atoms with Gasteiger partial charge in [0.25, 0.3) is 0 Å². The van der Waals surface area contributed by atoms with Crippen molar-refractivity contribution in [2.24, 2.45) is 5.41 Å². The summed E-state index contributed by atoms with van der Waals surface area (Å²) < 4.78 is 5.13. The molecule has 1 aliphatic rings. The van der Waals surface area contributed by atoms with E-state index in [-0.39, 0.29) is 12.1 Å². The Balaban J connectivity index is 1.87. The van der Waals surface area contributed by atoms with Gasteiger partial charge in [-0.05, 0) is 36.8 Å². The molecule has 0 radical (unpaired) electrons. The Hall–Kier alpha value is -1.71. The Morgan fingerprint density at radius 1 is 1.42 bits per heavy atom. The molecule has 2 rings (SSSR count). The third-order valence-corrected chi connectivity index (χ3v) is 3.63. The second-order valence-corrected chi connectivity index (χ2v) is 5.93. The monoisotopic (exact) mass is 262 g/mol. The van der Waals surface area contributed by atoms with Crippen LogP contribution in [0.5, 0.6) is 5.75 Å². The molecule has 1 aromatic carbocycles. The highest BCUT2D eigenvalue weighted by molar-refractivity contribution is 5.89. The van der Waals surface area contributed by atoms with Crippen molar-refractivity contribution in [2.75, 3.05) is 12.4 Å². The van der Waals surface area contributed by atoms with Gasteiger partial charge in [0, 0.05) is 17.8 Å². The predicted molar refractivity (Wildman–Crippen MR) is 76.6 cm³/mol. The lowest BCUT2D eigenvalue weighted by Gasteiger charge is -2.18. The zero-order valence-corrected chi connectivity index (χ0v) is 11.8. The molecule has 1 unspecified atom stereocenters. The molecule has 1 aliphatic carbocycles. The Bertz CT molecular complexity index is 457. The minimum atomic E-state index is -0.143. The first-order chi connectivity index (χ1) is 8.98. The van der Waals surface area contributed by atoms with Crippen molar-refractivity contribution in [3.8, 4) is 5.75 Å². The number of hydrogen-bond acceptors (Lipinski definition) is 2. The fraction of sp³-hybridized carbons (Fsp3) is 0.533. The molecule has 4 nitrogen and oxygen atoms in total. The van der Waals surface area contributed by atoms with E-state index in [2.05, 4.69) is 24.5 Å². The molecule has 0 spiro atoms. The lowest BCUT2D eigenvalue weighted by molar-refractivity contribution is 0.247. The predicted octanol–water partition coefficient (Wildman–Crippen LogP) is 3.40. The van der Waals surface area contributed by atoms with Crippen molar-refractivity contribution in [1.29, 1.82) is 0 Å². The summed E-state index contributed by atoms with van der Waals surface area (Å²) in [6.07, 6.45) is 3.26. The number of anilines is 1. The van der Waals surface area contributed by atoms with Crippen molar-refractivity contribution >= 4 is 11.7 Å². The minimum absolute atomic E-state index is 0.143. The van der Waals surface area contributed by atoms with Crippen LogP contribution in [0.15, 0.2) is 24.3 Å². The van der Waals surface area contributed by atoms with Gasteiger partial charge in [0.1, 0.15) is 5.75 Å². The van der Waals surface area contributed by atoms with Gasteiger partial charge < -0.3 is 15.4 Å². The van der Waals surface area contributed by atoms with Crippen LogP contribution in [-0.4, -0.2) is 19.2 Å². The number of nitrogens with one attached hydrogen (secondary N) is 2. The number of carbonyl (C=O) groups is 1. The molecule has 1 fully saturated rings. The molecule has 2 N–H and O–H groups in total. The van der Waals surface area contributed by atoms with Crippen LogP contribution >= 0.6 is 0 Å². The number of hydrogen-bond donors (Lipinski definition) is 2. The van der Waals surface area contributed by atoms with Crippen LogP contribution in [0.1, 0.15) is 33.1 Å². The average Bonchev–Trinajstić information content (AvgIpc) is 2.68. The van der Waals surface area contributed by atoms with Gasteiger partial charge in [-0.15, -0.1) is 0 Å². The van der Waals surface area contributed by atoms with Crippen LogP contribution in [0.3, 0.4) is 0 Å². The molecular weight excluding hydrogens is 240 g/mol. The molecule has 1 saturated carbocycles. The van der Waals surface area contributed by atoms with E-state index in [1.807, 2.05) is 18.2 Å². The summed E-state index contributed by atoms with van der Waals surface area (Å²) in [5.41, 5.74) is 1.09. The number of benzene rings is 1. The molecule has 1 atom stereocenters. The van der Waals surface area contributed by atoms with E-state index in [1.54, 1.807) is 13.2 Å². The first-order valence-corrected chi connectivity index (χ1v) is 6.70. The molecule has 0 aliphatic heterocycles. The number of ether oxygens (including phenoxy) is 1. The van der Waals surface area contributed by atoms with Crippen LogP contribution in [0.2, 0.25) is 0 Å². The van der Waals surface area contributed by atoms with E-state index in [9.17, 15) is 4.79 Å². The van der Waals surface area contributed by atoms with Crippen LogP contribution in [0.25, 0.3) is 0 Å². The summed E-state index contributed by atoms with van der Waals surface area (Å²) in [6, 6.07) is 7.49. The largest absolute Gasteiger partial charge is 0.497 e. The highest BCUT2D eigenvalue weighted by Gasteiger charge is 2.31. The number of rotatable bonds is 3. The van der Waals surface area contributed by atoms with E-state index >= 15 is 0 Å². The molecule has 0 heterocycles. The summed E-state index contributed by atoms with van der Waals surface area (Å²) in [7, 11) is 1.61. The first kappa shape index (κ1) is 13.7. The van der Waals surface area contributed by atoms with E-state index in [4.69, 9.17) is 4.74 Å². The smallest absolute Gasteiger partial charge is 0.319 e. The van der Waals surface area contributed by atoms with Crippen molar-refractivity contribution in [3.63, 3.8) is 0 Å². The zero-order valence-electron chi connectivity index (χ0n) is 11.8. The standard InChI is InChI=1S/C15H22N2O2/c1-15(2)8-7-12(10-15)17-14(18)16-11-5-4-6-13(9-11)19-3/h4-6,9,12H,7-8,10H2,1-3H3,(H2,16,17,18). The molecule has 0 aromatic heterocycles. The molecule has 104 valence electrons. The molecular formula is C15H22N2O2. The highest BCUT2D eigenvalue weighted by atomic mass is 16.5. The van der Waals surface area contributed by atoms with Crippen molar-refractivity contribution in [1.82, 2.24) is 5.32 Å². The van der Waals surface area contributed by atoms with E-state index in [1.165, 1.54) is 0 Å². The van der Waals surface area contributed by atoms with E-state index in [0.717, 1.165) is 30.7 Å². The summed E-state index contributed by atoms with van der Waals surface area (Å²) in [4.78, 5) is 11.9. The van der Waals surface area contributed by atoms with Crippen LogP contribution in [-0.2, 0) is 0 Å². The molecule has 2 amide bonds. The van der Waals surface area contributed by atoms with Gasteiger partial charge >= 0.3 is 6.03 Å². The van der Waals surface area contributed by atoms with Crippen molar-refractivity contribution in [2.45, 2.75) is 39.2 Å². The van der Waals surface area contributed by atoms with Crippen LogP contribution < -0.4 is 15.4 Å². The van der Waals surface area contributed by atoms with Gasteiger partial charge in [0.15, 0.2) is 0 Å². The van der Waals surface area contributed by atoms with Crippen LogP contribution in [0, 0.1) is 5.41 Å². The Kier molecular flexibility index (Phi) is 3.98. The quantitative estimate of drug-likeness (QED) is 0.877. The highest BCUT2D eigenvalue weighted by Crippen LogP contribution is 2.36. The summed E-state index contributed by atoms with van der Waals surface area (Å²) >= 11 is 0. The number of amides is 2. The third kappa shape index (κ3) is 3.88. The minimum Gasteiger partial charge on any atom is -0.497 e. The van der Waals surface area contributed by atoms with Crippen molar-refractivity contribution < 1.29 is 9.53 Å². The maximum Gasteiger partial charge on any atom is 0.319 e. The Morgan fingerprint density at radius 3 is 2.84 bits per heavy atom. The first-order valence-electron chi connectivity index (χ1n) is 6.70. The SMILES string of the molecule is COc1cccc(NC(=O)NC2CCC(C)(C)C2)c1. The topological polar surface area (TPSA) is 50.4 Å². The lowest BCUT2D eigenvalue weighted by atomic mass is 9.92. The Morgan fingerprint density at radius 2 is 2.21 bits per heavy atom. The van der Waals surface area contributed by atoms with E-state index in [0.29, 0.717) is 5.41 Å². The molecule has 4 heteroatoms. The van der Waals surface area contributed by atoms with Gasteiger partial charge in [-0.2, -0.15) is 0 Å². The van der Waals surface area contributed by atoms with Crippen molar-refractivity contribution in [3.05, 3.63) is 24.3 Å². The fourth-order valence-corrected chi connectivity index (χ4v) is 2.61. The number of urea groups is 1. The average molecular weight is 262 g/mol. The second-order valence-electron chi connectivity index (χ2n) is 5.93. The van der Waals surface area contributed by atoms with Gasteiger partial charge in [0.05, 0.1) is 7.11 Å². The van der Waals surface area contributed by atoms with Gasteiger partial charge in [0.2, 0.25) is 0 Å². The van der Waals surface area contributed by atoms with Gasteiger partial charge in [-0.1, -0.05) is 19.9 Å². The van der Waals surface area contributed by atoms with Gasteiger partial charge in [-0.25, -0.2) is 4.79 Å². The molecule has 19 heavy (non-hydrogen) atoms. The summed E-state index contributed by atoms with van der Waals surface area (Å²) in [6.45, 7) is 4.49. The maximum absolute atomic E-state index is 11.9. The molecule has 0 bridgehead atoms. The molecule has 1 aromatic rings. The summed E-state index contributed by atoms with van der Waals surface area (Å²) in [5.74, 6) is 0.736. The molecule has 0 saturated heterocycles. The Labute approximate surface area is 114 Å².